The number of hydrogen-bond acceptors (Lipinski definition) is 4. The number of aromatic hydroxyl groups is 1. The molecule has 0 spiro atoms. The van der Waals surface area contributed by atoms with Gasteiger partial charge in [0.15, 0.2) is 0 Å². The zero-order valence-corrected chi connectivity index (χ0v) is 11.8. The van der Waals surface area contributed by atoms with Gasteiger partial charge in [-0.15, -0.1) is 0 Å². The Morgan fingerprint density at radius 1 is 1.50 bits per heavy atom. The lowest BCUT2D eigenvalue weighted by Gasteiger charge is -2.33. The number of phenolic OH excluding ortho intramolecular Hbond substituents is 1. The maximum absolute atomic E-state index is 12.3. The topological polar surface area (TPSA) is 75.8 Å². The molecule has 5 nitrogen and oxygen atoms in total. The van der Waals surface area contributed by atoms with E-state index in [9.17, 15) is 9.90 Å². The SMILES string of the molecule is COC1CCCN(C(=O)C(N)Cc2ccc(O)cc2)C1. The third-order valence-electron chi connectivity index (χ3n) is 3.73. The Hall–Kier alpha value is -1.59. The summed E-state index contributed by atoms with van der Waals surface area (Å²) >= 11 is 0. The van der Waals surface area contributed by atoms with Crippen molar-refractivity contribution in [2.24, 2.45) is 5.73 Å². The molecule has 1 heterocycles. The molecule has 1 saturated heterocycles. The second-order valence-corrected chi connectivity index (χ2v) is 5.26. The summed E-state index contributed by atoms with van der Waals surface area (Å²) in [6.45, 7) is 1.38. The van der Waals surface area contributed by atoms with Crippen molar-refractivity contribution < 1.29 is 14.6 Å². The van der Waals surface area contributed by atoms with Gasteiger partial charge < -0.3 is 20.5 Å². The van der Waals surface area contributed by atoms with Gasteiger partial charge in [-0.05, 0) is 37.0 Å². The van der Waals surface area contributed by atoms with E-state index in [-0.39, 0.29) is 17.8 Å². The van der Waals surface area contributed by atoms with Gasteiger partial charge in [0.05, 0.1) is 12.1 Å². The van der Waals surface area contributed by atoms with Crippen molar-refractivity contribution in [3.05, 3.63) is 29.8 Å². The Morgan fingerprint density at radius 2 is 2.20 bits per heavy atom. The monoisotopic (exact) mass is 278 g/mol. The molecular weight excluding hydrogens is 256 g/mol. The van der Waals surface area contributed by atoms with E-state index in [1.54, 1.807) is 36.3 Å². The van der Waals surface area contributed by atoms with Crippen molar-refractivity contribution >= 4 is 5.91 Å². The maximum Gasteiger partial charge on any atom is 0.239 e. The molecule has 1 fully saturated rings. The van der Waals surface area contributed by atoms with Crippen molar-refractivity contribution in [2.75, 3.05) is 20.2 Å². The molecule has 110 valence electrons. The van der Waals surface area contributed by atoms with Crippen LogP contribution in [0, 0.1) is 0 Å². The number of piperidine rings is 1. The second kappa shape index (κ2) is 6.72. The molecule has 5 heteroatoms. The van der Waals surface area contributed by atoms with E-state index in [1.807, 2.05) is 0 Å². The summed E-state index contributed by atoms with van der Waals surface area (Å²) in [4.78, 5) is 14.1. The van der Waals surface area contributed by atoms with Gasteiger partial charge in [0.1, 0.15) is 5.75 Å². The molecule has 0 saturated carbocycles. The van der Waals surface area contributed by atoms with Crippen molar-refractivity contribution in [1.82, 2.24) is 4.90 Å². The smallest absolute Gasteiger partial charge is 0.239 e. The number of nitrogens with zero attached hydrogens (tertiary/aromatic N) is 1. The minimum atomic E-state index is -0.546. The molecule has 2 rings (SSSR count). The molecule has 0 aliphatic carbocycles. The predicted octanol–water partition coefficient (Wildman–Crippen LogP) is 0.899. The normalized spacial score (nSPS) is 20.7. The largest absolute Gasteiger partial charge is 0.508 e. The van der Waals surface area contributed by atoms with E-state index in [1.165, 1.54) is 0 Å². The lowest BCUT2D eigenvalue weighted by molar-refractivity contribution is -0.136. The third kappa shape index (κ3) is 3.71. The van der Waals surface area contributed by atoms with Crippen LogP contribution in [0.25, 0.3) is 0 Å². The van der Waals surface area contributed by atoms with E-state index in [0.29, 0.717) is 13.0 Å². The standard InChI is InChI=1S/C15H22N2O3/c1-20-13-3-2-8-17(10-13)15(19)14(16)9-11-4-6-12(18)7-5-11/h4-7,13-14,18H,2-3,8-10,16H2,1H3. The van der Waals surface area contributed by atoms with Gasteiger partial charge in [-0.3, -0.25) is 4.79 Å². The quantitative estimate of drug-likeness (QED) is 0.858. The second-order valence-electron chi connectivity index (χ2n) is 5.26. The van der Waals surface area contributed by atoms with Crippen LogP contribution in [0.15, 0.2) is 24.3 Å². The average Bonchev–Trinajstić information content (AvgIpc) is 2.48. The number of amides is 1. The van der Waals surface area contributed by atoms with Gasteiger partial charge in [-0.2, -0.15) is 0 Å². The molecule has 1 amide bonds. The van der Waals surface area contributed by atoms with E-state index in [2.05, 4.69) is 0 Å². The Balaban J connectivity index is 1.92. The molecule has 20 heavy (non-hydrogen) atoms. The number of likely N-dealkylation sites (tertiary alicyclic amines) is 1. The minimum absolute atomic E-state index is 0.0279. The van der Waals surface area contributed by atoms with Crippen LogP contribution in [0.1, 0.15) is 18.4 Å². The number of hydrogen-bond donors (Lipinski definition) is 2. The molecule has 3 N–H and O–H groups in total. The highest BCUT2D eigenvalue weighted by Crippen LogP contribution is 2.15. The highest BCUT2D eigenvalue weighted by atomic mass is 16.5. The van der Waals surface area contributed by atoms with Crippen LogP contribution in [0.4, 0.5) is 0 Å². The Bertz CT molecular complexity index is 447. The number of nitrogens with two attached hydrogens (primary N) is 1. The first-order chi connectivity index (χ1) is 9.60. The molecule has 0 bridgehead atoms. The fraction of sp³-hybridized carbons (Fsp3) is 0.533. The highest BCUT2D eigenvalue weighted by molar-refractivity contribution is 5.82. The zero-order valence-electron chi connectivity index (χ0n) is 11.8. The summed E-state index contributed by atoms with van der Waals surface area (Å²) in [5, 5.41) is 9.24. The summed E-state index contributed by atoms with van der Waals surface area (Å²) < 4.78 is 5.32. The average molecular weight is 278 g/mol. The number of methoxy groups -OCH3 is 1. The van der Waals surface area contributed by atoms with Crippen molar-refractivity contribution in [3.63, 3.8) is 0 Å². The minimum Gasteiger partial charge on any atom is -0.508 e. The number of phenols is 1. The number of carbonyl (C=O) groups excluding carboxylic acids is 1. The molecule has 1 aliphatic rings. The summed E-state index contributed by atoms with van der Waals surface area (Å²) in [6, 6.07) is 6.24. The number of benzene rings is 1. The first-order valence-electron chi connectivity index (χ1n) is 6.95. The Morgan fingerprint density at radius 3 is 2.85 bits per heavy atom. The van der Waals surface area contributed by atoms with Crippen LogP contribution in [-0.2, 0) is 16.0 Å². The van der Waals surface area contributed by atoms with Crippen molar-refractivity contribution in [1.29, 1.82) is 0 Å². The van der Waals surface area contributed by atoms with Gasteiger partial charge in [-0.1, -0.05) is 12.1 Å². The molecular formula is C15H22N2O3. The molecule has 0 radical (unpaired) electrons. The summed E-state index contributed by atoms with van der Waals surface area (Å²) in [5.74, 6) is 0.187. The van der Waals surface area contributed by atoms with E-state index in [0.717, 1.165) is 24.9 Å². The summed E-state index contributed by atoms with van der Waals surface area (Å²) in [5.41, 5.74) is 6.96. The third-order valence-corrected chi connectivity index (χ3v) is 3.73. The van der Waals surface area contributed by atoms with E-state index >= 15 is 0 Å². The molecule has 1 aliphatic heterocycles. The fourth-order valence-electron chi connectivity index (χ4n) is 2.54. The lowest BCUT2D eigenvalue weighted by atomic mass is 10.0. The Labute approximate surface area is 119 Å². The van der Waals surface area contributed by atoms with Crippen LogP contribution < -0.4 is 5.73 Å². The molecule has 1 aromatic rings. The van der Waals surface area contributed by atoms with Crippen molar-refractivity contribution in [2.45, 2.75) is 31.4 Å². The Kier molecular flexibility index (Phi) is 4.98. The van der Waals surface area contributed by atoms with Gasteiger partial charge in [0, 0.05) is 20.2 Å². The van der Waals surface area contributed by atoms with Gasteiger partial charge in [0.25, 0.3) is 0 Å². The predicted molar refractivity (Wildman–Crippen MR) is 76.4 cm³/mol. The van der Waals surface area contributed by atoms with Gasteiger partial charge in [0.2, 0.25) is 5.91 Å². The van der Waals surface area contributed by atoms with Gasteiger partial charge in [-0.25, -0.2) is 0 Å². The first-order valence-corrected chi connectivity index (χ1v) is 6.95. The molecule has 2 unspecified atom stereocenters. The van der Waals surface area contributed by atoms with Crippen LogP contribution in [0.3, 0.4) is 0 Å². The maximum atomic E-state index is 12.3. The van der Waals surface area contributed by atoms with Crippen LogP contribution in [0.2, 0.25) is 0 Å². The van der Waals surface area contributed by atoms with Crippen LogP contribution >= 0.6 is 0 Å². The lowest BCUT2D eigenvalue weighted by Crippen LogP contribution is -2.50. The molecule has 1 aromatic carbocycles. The molecule has 0 aromatic heterocycles. The number of carbonyl (C=O) groups is 1. The number of rotatable bonds is 4. The van der Waals surface area contributed by atoms with Crippen LogP contribution in [-0.4, -0.2) is 48.3 Å². The number of ether oxygens (including phenoxy) is 1. The summed E-state index contributed by atoms with van der Waals surface area (Å²) in [6.07, 6.45) is 2.55. The summed E-state index contributed by atoms with van der Waals surface area (Å²) in [7, 11) is 1.68. The molecule has 2 atom stereocenters. The zero-order chi connectivity index (χ0) is 14.5. The first kappa shape index (κ1) is 14.8. The van der Waals surface area contributed by atoms with E-state index in [4.69, 9.17) is 10.5 Å². The van der Waals surface area contributed by atoms with Crippen LogP contribution in [0.5, 0.6) is 5.75 Å². The van der Waals surface area contributed by atoms with Crippen molar-refractivity contribution in [3.8, 4) is 5.75 Å². The van der Waals surface area contributed by atoms with Gasteiger partial charge >= 0.3 is 0 Å². The fourth-order valence-corrected chi connectivity index (χ4v) is 2.54. The highest BCUT2D eigenvalue weighted by Gasteiger charge is 2.27. The van der Waals surface area contributed by atoms with E-state index < -0.39 is 6.04 Å².